The summed E-state index contributed by atoms with van der Waals surface area (Å²) >= 11 is 0. The lowest BCUT2D eigenvalue weighted by Gasteiger charge is -2.33. The third-order valence-electron chi connectivity index (χ3n) is 6.60. The van der Waals surface area contributed by atoms with Crippen molar-refractivity contribution in [1.82, 2.24) is 10.2 Å². The van der Waals surface area contributed by atoms with Gasteiger partial charge in [0.25, 0.3) is 10.0 Å². The van der Waals surface area contributed by atoms with Crippen molar-refractivity contribution in [1.29, 1.82) is 0 Å². The molecule has 0 spiro atoms. The zero-order chi connectivity index (χ0) is 28.9. The SMILES string of the molecule is Cc1ccc(S(=O)(=O)N(CC(=O)N(Cc2ccc(F)cc2)[C@H](C)C(=O)NC(C)C)c2cccc(C)c2C)cc1. The number of sulfonamides is 1. The first kappa shape index (κ1) is 29.8. The van der Waals surface area contributed by atoms with Crippen LogP contribution >= 0.6 is 0 Å². The Morgan fingerprint density at radius 3 is 2.10 bits per heavy atom. The van der Waals surface area contributed by atoms with Gasteiger partial charge in [-0.15, -0.1) is 0 Å². The van der Waals surface area contributed by atoms with Crippen LogP contribution in [0.4, 0.5) is 10.1 Å². The number of anilines is 1. The highest BCUT2D eigenvalue weighted by Crippen LogP contribution is 2.29. The van der Waals surface area contributed by atoms with E-state index in [0.717, 1.165) is 21.0 Å². The van der Waals surface area contributed by atoms with E-state index in [-0.39, 0.29) is 23.4 Å². The van der Waals surface area contributed by atoms with Crippen molar-refractivity contribution >= 4 is 27.5 Å². The van der Waals surface area contributed by atoms with E-state index in [1.807, 2.05) is 40.7 Å². The second kappa shape index (κ2) is 12.4. The van der Waals surface area contributed by atoms with Gasteiger partial charge in [0, 0.05) is 12.6 Å². The van der Waals surface area contributed by atoms with Crippen molar-refractivity contribution in [2.75, 3.05) is 10.8 Å². The Hall–Kier alpha value is -3.72. The van der Waals surface area contributed by atoms with Crippen molar-refractivity contribution < 1.29 is 22.4 Å². The zero-order valence-corrected chi connectivity index (χ0v) is 24.0. The van der Waals surface area contributed by atoms with Crippen LogP contribution in [0.1, 0.15) is 43.0 Å². The van der Waals surface area contributed by atoms with Crippen LogP contribution in [0.15, 0.2) is 71.6 Å². The molecule has 0 aliphatic rings. The molecule has 3 aromatic rings. The molecule has 2 amide bonds. The molecule has 0 saturated carbocycles. The second-order valence-electron chi connectivity index (χ2n) is 10.0. The maximum atomic E-state index is 13.9. The Balaban J connectivity index is 2.07. The molecule has 1 N–H and O–H groups in total. The molecule has 0 aliphatic heterocycles. The minimum Gasteiger partial charge on any atom is -0.352 e. The third kappa shape index (κ3) is 7.23. The van der Waals surface area contributed by atoms with Gasteiger partial charge in [-0.2, -0.15) is 0 Å². The molecule has 3 aromatic carbocycles. The summed E-state index contributed by atoms with van der Waals surface area (Å²) in [6.45, 7) is 10.2. The van der Waals surface area contributed by atoms with Crippen molar-refractivity contribution in [3.8, 4) is 0 Å². The molecule has 7 nitrogen and oxygen atoms in total. The van der Waals surface area contributed by atoms with E-state index in [1.165, 1.54) is 41.3 Å². The van der Waals surface area contributed by atoms with Gasteiger partial charge in [-0.05, 0) is 88.6 Å². The molecule has 39 heavy (non-hydrogen) atoms. The predicted molar refractivity (Wildman–Crippen MR) is 151 cm³/mol. The number of amides is 2. The Bertz CT molecular complexity index is 1420. The highest BCUT2D eigenvalue weighted by Gasteiger charge is 2.33. The molecule has 0 bridgehead atoms. The normalized spacial score (nSPS) is 12.2. The van der Waals surface area contributed by atoms with Crippen molar-refractivity contribution in [3.63, 3.8) is 0 Å². The van der Waals surface area contributed by atoms with Gasteiger partial charge in [0.05, 0.1) is 10.6 Å². The van der Waals surface area contributed by atoms with Gasteiger partial charge < -0.3 is 10.2 Å². The molecule has 9 heteroatoms. The third-order valence-corrected chi connectivity index (χ3v) is 8.37. The lowest BCUT2D eigenvalue weighted by atomic mass is 10.1. The molecule has 3 rings (SSSR count). The first-order valence-electron chi connectivity index (χ1n) is 12.8. The fraction of sp³-hybridized carbons (Fsp3) is 0.333. The highest BCUT2D eigenvalue weighted by molar-refractivity contribution is 7.92. The first-order valence-corrected chi connectivity index (χ1v) is 14.2. The van der Waals surface area contributed by atoms with Crippen molar-refractivity contribution in [3.05, 3.63) is 94.8 Å². The summed E-state index contributed by atoms with van der Waals surface area (Å²) in [6.07, 6.45) is 0. The zero-order valence-electron chi connectivity index (χ0n) is 23.2. The van der Waals surface area contributed by atoms with Crippen LogP contribution in [0.5, 0.6) is 0 Å². The Morgan fingerprint density at radius 2 is 1.51 bits per heavy atom. The number of carbonyl (C=O) groups excluding carboxylic acids is 2. The van der Waals surface area contributed by atoms with E-state index in [9.17, 15) is 22.4 Å². The summed E-state index contributed by atoms with van der Waals surface area (Å²) in [5.74, 6) is -1.37. The number of nitrogens with one attached hydrogen (secondary N) is 1. The number of hydrogen-bond donors (Lipinski definition) is 1. The molecule has 0 saturated heterocycles. The van der Waals surface area contributed by atoms with Crippen LogP contribution in [0.25, 0.3) is 0 Å². The molecule has 0 radical (unpaired) electrons. The molecule has 0 aromatic heterocycles. The van der Waals surface area contributed by atoms with Gasteiger partial charge in [-0.25, -0.2) is 12.8 Å². The Labute approximate surface area is 230 Å². The fourth-order valence-electron chi connectivity index (χ4n) is 4.13. The quantitative estimate of drug-likeness (QED) is 0.387. The summed E-state index contributed by atoms with van der Waals surface area (Å²) < 4.78 is 42.5. The summed E-state index contributed by atoms with van der Waals surface area (Å²) in [5.41, 5.74) is 3.48. The van der Waals surface area contributed by atoms with Gasteiger partial charge in [0.1, 0.15) is 18.4 Å². The molecular weight excluding hydrogens is 517 g/mol. The van der Waals surface area contributed by atoms with Gasteiger partial charge in [0.15, 0.2) is 0 Å². The van der Waals surface area contributed by atoms with E-state index in [0.29, 0.717) is 11.3 Å². The fourth-order valence-corrected chi connectivity index (χ4v) is 5.60. The molecule has 0 aliphatic carbocycles. The topological polar surface area (TPSA) is 86.8 Å². The van der Waals surface area contributed by atoms with Crippen LogP contribution < -0.4 is 9.62 Å². The molecule has 0 fully saturated rings. The van der Waals surface area contributed by atoms with E-state index >= 15 is 0 Å². The summed E-state index contributed by atoms with van der Waals surface area (Å²) in [6, 6.07) is 16.3. The summed E-state index contributed by atoms with van der Waals surface area (Å²) in [5, 5.41) is 2.81. The summed E-state index contributed by atoms with van der Waals surface area (Å²) in [7, 11) is -4.15. The monoisotopic (exact) mass is 553 g/mol. The van der Waals surface area contributed by atoms with Gasteiger partial charge in [0.2, 0.25) is 11.8 Å². The van der Waals surface area contributed by atoms with E-state index in [4.69, 9.17) is 0 Å². The maximum absolute atomic E-state index is 13.9. The molecule has 208 valence electrons. The van der Waals surface area contributed by atoms with E-state index < -0.39 is 34.3 Å². The van der Waals surface area contributed by atoms with Crippen LogP contribution in [-0.4, -0.2) is 43.8 Å². The van der Waals surface area contributed by atoms with Gasteiger partial charge in [-0.3, -0.25) is 13.9 Å². The predicted octanol–water partition coefficient (Wildman–Crippen LogP) is 4.89. The average Bonchev–Trinajstić information content (AvgIpc) is 2.88. The highest BCUT2D eigenvalue weighted by atomic mass is 32.2. The lowest BCUT2D eigenvalue weighted by molar-refractivity contribution is -0.139. The number of benzene rings is 3. The van der Waals surface area contributed by atoms with Crippen molar-refractivity contribution in [2.45, 2.75) is 65.1 Å². The maximum Gasteiger partial charge on any atom is 0.264 e. The second-order valence-corrected chi connectivity index (χ2v) is 11.9. The standard InChI is InChI=1S/C30H36FN3O4S/c1-20(2)32-30(36)24(6)33(18-25-12-14-26(31)15-13-25)29(35)19-34(28-9-7-8-22(4)23(28)5)39(37,38)27-16-10-21(3)11-17-27/h7-17,20,24H,18-19H2,1-6H3,(H,32,36)/t24-/m1/s1. The van der Waals surface area contributed by atoms with E-state index in [2.05, 4.69) is 5.32 Å². The largest absolute Gasteiger partial charge is 0.352 e. The van der Waals surface area contributed by atoms with Crippen LogP contribution in [0, 0.1) is 26.6 Å². The number of halogens is 1. The molecular formula is C30H36FN3O4S. The Morgan fingerprint density at radius 1 is 0.897 bits per heavy atom. The van der Waals surface area contributed by atoms with E-state index in [1.54, 1.807) is 31.2 Å². The van der Waals surface area contributed by atoms with Crippen LogP contribution in [0.2, 0.25) is 0 Å². The summed E-state index contributed by atoms with van der Waals surface area (Å²) in [4.78, 5) is 28.3. The molecule has 1 atom stereocenters. The lowest BCUT2D eigenvalue weighted by Crippen LogP contribution is -2.52. The first-order chi connectivity index (χ1) is 18.3. The number of hydrogen-bond acceptors (Lipinski definition) is 4. The number of carbonyl (C=O) groups is 2. The van der Waals surface area contributed by atoms with Gasteiger partial charge in [-0.1, -0.05) is 42.0 Å². The average molecular weight is 554 g/mol. The van der Waals surface area contributed by atoms with Crippen LogP contribution in [0.3, 0.4) is 0 Å². The van der Waals surface area contributed by atoms with Crippen molar-refractivity contribution in [2.24, 2.45) is 0 Å². The number of aryl methyl sites for hydroxylation is 2. The van der Waals surface area contributed by atoms with Gasteiger partial charge >= 0.3 is 0 Å². The van der Waals surface area contributed by atoms with Crippen LogP contribution in [-0.2, 0) is 26.2 Å². The molecule has 0 heterocycles. The minimum absolute atomic E-state index is 0.00296. The molecule has 0 unspecified atom stereocenters. The minimum atomic E-state index is -4.15. The number of nitrogens with zero attached hydrogens (tertiary/aromatic N) is 2. The Kier molecular flexibility index (Phi) is 9.50. The number of rotatable bonds is 10. The smallest absolute Gasteiger partial charge is 0.264 e.